The smallest absolute Gasteiger partial charge is 0.452 e. The van der Waals surface area contributed by atoms with Crippen molar-refractivity contribution in [3.63, 3.8) is 0 Å². The van der Waals surface area contributed by atoms with E-state index in [-0.39, 0.29) is 23.9 Å². The monoisotopic (exact) mass is 543 g/mol. The molecule has 9 nitrogen and oxygen atoms in total. The van der Waals surface area contributed by atoms with E-state index in [0.717, 1.165) is 31.5 Å². The molecule has 39 heavy (non-hydrogen) atoms. The largest absolute Gasteiger partial charge is 0.481 e. The molecule has 1 saturated carbocycles. The molecule has 1 saturated heterocycles. The average molecular weight is 544 g/mol. The van der Waals surface area contributed by atoms with E-state index >= 15 is 0 Å². The molecule has 5 rings (SSSR count). The van der Waals surface area contributed by atoms with Crippen LogP contribution >= 0.6 is 0 Å². The molecule has 1 unspecified atom stereocenters. The molecule has 3 aromatic rings. The molecule has 206 valence electrons. The quantitative estimate of drug-likeness (QED) is 0.318. The molecule has 2 fully saturated rings. The highest BCUT2D eigenvalue weighted by Gasteiger charge is 2.42. The summed E-state index contributed by atoms with van der Waals surface area (Å²) in [5.74, 6) is -3.91. The number of hydrogen-bond donors (Lipinski definition) is 4. The fourth-order valence-electron chi connectivity index (χ4n) is 5.09. The Balaban J connectivity index is 1.19. The number of aromatic nitrogens is 1. The van der Waals surface area contributed by atoms with Crippen molar-refractivity contribution in [2.75, 3.05) is 23.7 Å². The fraction of sp³-hybridized carbons (Fsp3) is 0.370. The number of nitrogens with one attached hydrogen (secondary N) is 3. The van der Waals surface area contributed by atoms with Crippen molar-refractivity contribution in [1.29, 1.82) is 0 Å². The highest BCUT2D eigenvalue weighted by molar-refractivity contribution is 6.04. The van der Waals surface area contributed by atoms with Crippen LogP contribution in [0.2, 0.25) is 0 Å². The van der Waals surface area contributed by atoms with Gasteiger partial charge in [0.15, 0.2) is 5.69 Å². The number of hydrogen-bond acceptors (Lipinski definition) is 7. The molecule has 1 aliphatic heterocycles. The fourth-order valence-corrected chi connectivity index (χ4v) is 5.09. The number of benzene rings is 2. The van der Waals surface area contributed by atoms with Gasteiger partial charge in [0.2, 0.25) is 11.7 Å². The number of nitrogens with zero attached hydrogens (tertiary/aromatic N) is 2. The summed E-state index contributed by atoms with van der Waals surface area (Å²) < 4.78 is 45.6. The van der Waals surface area contributed by atoms with E-state index in [4.69, 9.17) is 4.42 Å². The van der Waals surface area contributed by atoms with Crippen LogP contribution in [0, 0.1) is 5.92 Å². The van der Waals surface area contributed by atoms with Crippen LogP contribution in [0.15, 0.2) is 59.0 Å². The summed E-state index contributed by atoms with van der Waals surface area (Å²) in [6.07, 6.45) is -1.61. The van der Waals surface area contributed by atoms with Crippen LogP contribution in [-0.2, 0) is 11.0 Å². The van der Waals surface area contributed by atoms with Gasteiger partial charge in [-0.05, 0) is 55.7 Å². The second kappa shape index (κ2) is 11.1. The standard InChI is InChI=1S/C27H28F3N5O4/c28-27(29,30)23-22(33-25(39-23)16-5-2-1-3-6-16)24(36)32-18-11-9-17(10-12-18)31-19-13-14-35(15-19)34-21-8-4-7-20(21)26(37)38/h1-3,5-6,9-12,19-21,31,34H,4,7-8,13-15H2,(H,32,36)(H,37,38)/t19?,20-,21-/m1/s1. The van der Waals surface area contributed by atoms with Crippen LogP contribution in [0.3, 0.4) is 0 Å². The molecule has 2 aliphatic rings. The molecule has 2 heterocycles. The van der Waals surface area contributed by atoms with Gasteiger partial charge in [0.1, 0.15) is 0 Å². The summed E-state index contributed by atoms with van der Waals surface area (Å²) in [6, 6.07) is 14.8. The summed E-state index contributed by atoms with van der Waals surface area (Å²) >= 11 is 0. The molecule has 1 amide bonds. The van der Waals surface area contributed by atoms with Crippen molar-refractivity contribution in [3.05, 3.63) is 66.1 Å². The van der Waals surface area contributed by atoms with Crippen LogP contribution < -0.4 is 16.1 Å². The zero-order valence-corrected chi connectivity index (χ0v) is 20.9. The molecule has 12 heteroatoms. The van der Waals surface area contributed by atoms with E-state index in [1.807, 2.05) is 0 Å². The molecule has 3 atom stereocenters. The van der Waals surface area contributed by atoms with E-state index in [1.165, 1.54) is 0 Å². The summed E-state index contributed by atoms with van der Waals surface area (Å²) in [6.45, 7) is 1.47. The number of rotatable bonds is 8. The highest BCUT2D eigenvalue weighted by Crippen LogP contribution is 2.35. The Hall–Kier alpha value is -3.90. The molecule has 0 bridgehead atoms. The number of anilines is 2. The predicted octanol–water partition coefficient (Wildman–Crippen LogP) is 4.86. The maximum Gasteiger partial charge on any atom is 0.452 e. The molecule has 2 aromatic carbocycles. The van der Waals surface area contributed by atoms with Gasteiger partial charge in [0, 0.05) is 42.1 Å². The Morgan fingerprint density at radius 2 is 1.72 bits per heavy atom. The number of hydrazine groups is 1. The van der Waals surface area contributed by atoms with Gasteiger partial charge in [0.05, 0.1) is 5.92 Å². The Morgan fingerprint density at radius 3 is 2.41 bits per heavy atom. The van der Waals surface area contributed by atoms with Gasteiger partial charge < -0.3 is 20.2 Å². The first-order valence-corrected chi connectivity index (χ1v) is 12.7. The number of oxazole rings is 1. The van der Waals surface area contributed by atoms with Gasteiger partial charge in [-0.2, -0.15) is 13.2 Å². The molecule has 1 aliphatic carbocycles. The third-order valence-electron chi connectivity index (χ3n) is 7.00. The zero-order chi connectivity index (χ0) is 27.6. The van der Waals surface area contributed by atoms with Crippen molar-refractivity contribution in [2.45, 2.75) is 43.9 Å². The lowest BCUT2D eigenvalue weighted by Gasteiger charge is -2.25. The second-order valence-electron chi connectivity index (χ2n) is 9.78. The Labute approximate surface area is 222 Å². The number of alkyl halides is 3. The molecule has 0 spiro atoms. The van der Waals surface area contributed by atoms with E-state index in [1.54, 1.807) is 54.6 Å². The van der Waals surface area contributed by atoms with E-state index in [0.29, 0.717) is 24.2 Å². The number of aliphatic carboxylic acids is 1. The summed E-state index contributed by atoms with van der Waals surface area (Å²) in [5, 5.41) is 17.3. The first-order valence-electron chi connectivity index (χ1n) is 12.7. The van der Waals surface area contributed by atoms with E-state index < -0.39 is 29.5 Å². The summed E-state index contributed by atoms with van der Waals surface area (Å²) in [4.78, 5) is 28.0. The van der Waals surface area contributed by atoms with Crippen molar-refractivity contribution in [3.8, 4) is 11.5 Å². The third-order valence-corrected chi connectivity index (χ3v) is 7.00. The van der Waals surface area contributed by atoms with Gasteiger partial charge in [0.25, 0.3) is 5.91 Å². The second-order valence-corrected chi connectivity index (χ2v) is 9.78. The van der Waals surface area contributed by atoms with Gasteiger partial charge in [-0.15, -0.1) is 0 Å². The van der Waals surface area contributed by atoms with Crippen LogP contribution in [-0.4, -0.2) is 52.1 Å². The number of carboxylic acids is 1. The van der Waals surface area contributed by atoms with Crippen LogP contribution in [0.4, 0.5) is 24.5 Å². The van der Waals surface area contributed by atoms with Crippen LogP contribution in [0.25, 0.3) is 11.5 Å². The summed E-state index contributed by atoms with van der Waals surface area (Å²) in [7, 11) is 0. The number of amides is 1. The summed E-state index contributed by atoms with van der Waals surface area (Å²) in [5.41, 5.74) is 3.94. The van der Waals surface area contributed by atoms with Crippen LogP contribution in [0.1, 0.15) is 41.9 Å². The lowest BCUT2D eigenvalue weighted by molar-refractivity contribution is -0.153. The highest BCUT2D eigenvalue weighted by atomic mass is 19.4. The SMILES string of the molecule is O=C(Nc1ccc(NC2CCN(N[C@@H]3CCC[C@H]3C(=O)O)C2)cc1)c1nc(-c2ccccc2)oc1C(F)(F)F. The Kier molecular flexibility index (Phi) is 7.58. The van der Waals surface area contributed by atoms with E-state index in [9.17, 15) is 27.9 Å². The maximum atomic E-state index is 13.6. The molecular formula is C27H28F3N5O4. The molecular weight excluding hydrogens is 515 g/mol. The van der Waals surface area contributed by atoms with Crippen LogP contribution in [0.5, 0.6) is 0 Å². The predicted molar refractivity (Wildman–Crippen MR) is 137 cm³/mol. The zero-order valence-electron chi connectivity index (χ0n) is 20.9. The topological polar surface area (TPSA) is 120 Å². The number of carboxylic acid groups (broad SMARTS) is 1. The lowest BCUT2D eigenvalue weighted by Crippen LogP contribution is -2.47. The van der Waals surface area contributed by atoms with Gasteiger partial charge in [-0.1, -0.05) is 24.6 Å². The number of halogens is 3. The van der Waals surface area contributed by atoms with Crippen molar-refractivity contribution in [2.24, 2.45) is 5.92 Å². The minimum absolute atomic E-state index is 0.0597. The average Bonchev–Trinajstić information content (AvgIpc) is 3.66. The van der Waals surface area contributed by atoms with Gasteiger partial charge >= 0.3 is 12.1 Å². The Bertz CT molecular complexity index is 1310. The molecule has 1 aromatic heterocycles. The number of carbonyl (C=O) groups is 2. The van der Waals surface area contributed by atoms with Crippen molar-refractivity contribution >= 4 is 23.3 Å². The first-order chi connectivity index (χ1) is 18.7. The van der Waals surface area contributed by atoms with Gasteiger partial charge in [-0.3, -0.25) is 15.0 Å². The minimum atomic E-state index is -4.89. The lowest BCUT2D eigenvalue weighted by atomic mass is 10.1. The molecule has 0 radical (unpaired) electrons. The normalized spacial score (nSPS) is 21.7. The number of carbonyl (C=O) groups excluding carboxylic acids is 1. The van der Waals surface area contributed by atoms with Crippen molar-refractivity contribution < 1.29 is 32.3 Å². The van der Waals surface area contributed by atoms with Gasteiger partial charge in [-0.25, -0.2) is 9.99 Å². The van der Waals surface area contributed by atoms with Crippen molar-refractivity contribution in [1.82, 2.24) is 15.4 Å². The first kappa shape index (κ1) is 26.7. The molecule has 4 N–H and O–H groups in total. The Morgan fingerprint density at radius 1 is 1.00 bits per heavy atom. The van der Waals surface area contributed by atoms with E-state index in [2.05, 4.69) is 26.1 Å². The third kappa shape index (κ3) is 6.23. The maximum absolute atomic E-state index is 13.6. The minimum Gasteiger partial charge on any atom is -0.481 e.